The van der Waals surface area contributed by atoms with E-state index < -0.39 is 15.1 Å². The van der Waals surface area contributed by atoms with Crippen LogP contribution in [-0.4, -0.2) is 42.7 Å². The van der Waals surface area contributed by atoms with Gasteiger partial charge in [-0.3, -0.25) is 4.79 Å². The molecule has 1 aromatic rings. The van der Waals surface area contributed by atoms with E-state index in [4.69, 9.17) is 4.52 Å². The molecule has 6 nitrogen and oxygen atoms in total. The number of carbonyl (C=O) groups is 1. The zero-order chi connectivity index (χ0) is 14.9. The van der Waals surface area contributed by atoms with Crippen LogP contribution in [0.4, 0.5) is 0 Å². The van der Waals surface area contributed by atoms with Gasteiger partial charge in [0.2, 0.25) is 5.91 Å². The van der Waals surface area contributed by atoms with Gasteiger partial charge in [-0.1, -0.05) is 5.16 Å². The largest absolute Gasteiger partial charge is 0.361 e. The Balaban J connectivity index is 2.15. The summed E-state index contributed by atoms with van der Waals surface area (Å²) < 4.78 is 29.7. The van der Waals surface area contributed by atoms with Crippen LogP contribution in [0.15, 0.2) is 4.52 Å². The van der Waals surface area contributed by atoms with E-state index in [1.165, 1.54) is 6.92 Å². The van der Waals surface area contributed by atoms with Gasteiger partial charge in [0.1, 0.15) is 11.0 Å². The Morgan fingerprint density at radius 1 is 1.35 bits per heavy atom. The summed E-state index contributed by atoms with van der Waals surface area (Å²) in [5.41, 5.74) is 1.12. The minimum Gasteiger partial charge on any atom is -0.361 e. The Kier molecular flexibility index (Phi) is 4.17. The molecule has 0 N–H and O–H groups in total. The van der Waals surface area contributed by atoms with E-state index in [9.17, 15) is 13.2 Å². The Hall–Kier alpha value is -1.37. The van der Waals surface area contributed by atoms with E-state index in [0.717, 1.165) is 12.8 Å². The first kappa shape index (κ1) is 15.0. The van der Waals surface area contributed by atoms with Gasteiger partial charge in [-0.2, -0.15) is 0 Å². The second kappa shape index (κ2) is 5.55. The number of carbonyl (C=O) groups excluding carboxylic acids is 1. The van der Waals surface area contributed by atoms with Crippen LogP contribution in [0.5, 0.6) is 0 Å². The monoisotopic (exact) mass is 300 g/mol. The molecular weight excluding hydrogens is 280 g/mol. The van der Waals surface area contributed by atoms with Crippen molar-refractivity contribution in [3.63, 3.8) is 0 Å². The standard InChI is InChI=1S/C13H20N2O4S/c1-9-12(10(2)19-14-9)8-20(17,18)11(3)13(16)15-6-4-5-7-15/h11H,4-8H2,1-3H3. The second-order valence-electron chi connectivity index (χ2n) is 5.28. The lowest BCUT2D eigenvalue weighted by atomic mass is 10.2. The summed E-state index contributed by atoms with van der Waals surface area (Å²) in [6.07, 6.45) is 1.89. The second-order valence-corrected chi connectivity index (χ2v) is 7.61. The number of rotatable bonds is 4. The number of aromatic nitrogens is 1. The lowest BCUT2D eigenvalue weighted by Crippen LogP contribution is -2.40. The molecule has 1 unspecified atom stereocenters. The minimum atomic E-state index is -3.56. The van der Waals surface area contributed by atoms with Crippen molar-refractivity contribution in [1.29, 1.82) is 0 Å². The fourth-order valence-electron chi connectivity index (χ4n) is 2.38. The van der Waals surface area contributed by atoms with Crippen molar-refractivity contribution < 1.29 is 17.7 Å². The third-order valence-electron chi connectivity index (χ3n) is 3.83. The fourth-order valence-corrected chi connectivity index (χ4v) is 3.90. The molecular formula is C13H20N2O4S. The highest BCUT2D eigenvalue weighted by molar-refractivity contribution is 7.92. The van der Waals surface area contributed by atoms with Gasteiger partial charge in [0, 0.05) is 18.7 Å². The molecule has 0 aliphatic carbocycles. The molecule has 1 aliphatic heterocycles. The van der Waals surface area contributed by atoms with Crippen molar-refractivity contribution in [2.45, 2.75) is 44.6 Å². The van der Waals surface area contributed by atoms with Crippen LogP contribution >= 0.6 is 0 Å². The molecule has 1 aromatic heterocycles. The summed E-state index contributed by atoms with van der Waals surface area (Å²) in [4.78, 5) is 13.8. The van der Waals surface area contributed by atoms with Crippen LogP contribution < -0.4 is 0 Å². The summed E-state index contributed by atoms with van der Waals surface area (Å²) in [5.74, 6) is -0.00398. The van der Waals surface area contributed by atoms with Gasteiger partial charge in [-0.15, -0.1) is 0 Å². The zero-order valence-electron chi connectivity index (χ0n) is 12.0. The van der Waals surface area contributed by atoms with E-state index in [2.05, 4.69) is 5.16 Å². The normalized spacial score (nSPS) is 17.4. The maximum Gasteiger partial charge on any atom is 0.240 e. The third kappa shape index (κ3) is 2.87. The lowest BCUT2D eigenvalue weighted by Gasteiger charge is -2.20. The van der Waals surface area contributed by atoms with Crippen molar-refractivity contribution in [2.24, 2.45) is 0 Å². The summed E-state index contributed by atoms with van der Waals surface area (Å²) in [5, 5.41) is 2.73. The molecule has 2 rings (SSSR count). The Labute approximate surface area is 119 Å². The Bertz CT molecular complexity index is 580. The molecule has 0 saturated carbocycles. The van der Waals surface area contributed by atoms with Crippen LogP contribution in [-0.2, 0) is 20.4 Å². The third-order valence-corrected chi connectivity index (χ3v) is 5.80. The Morgan fingerprint density at radius 3 is 2.45 bits per heavy atom. The van der Waals surface area contributed by atoms with Crippen LogP contribution in [0.1, 0.15) is 36.8 Å². The van der Waals surface area contributed by atoms with Crippen molar-refractivity contribution in [3.05, 3.63) is 17.0 Å². The van der Waals surface area contributed by atoms with Crippen LogP contribution in [0.3, 0.4) is 0 Å². The van der Waals surface area contributed by atoms with E-state index in [0.29, 0.717) is 30.1 Å². The molecule has 1 aliphatic rings. The first-order valence-corrected chi connectivity index (χ1v) is 8.46. The fraction of sp³-hybridized carbons (Fsp3) is 0.692. The van der Waals surface area contributed by atoms with Crippen molar-refractivity contribution in [1.82, 2.24) is 10.1 Å². The SMILES string of the molecule is Cc1noc(C)c1CS(=O)(=O)C(C)C(=O)N1CCCC1. The predicted molar refractivity (Wildman–Crippen MR) is 73.9 cm³/mol. The molecule has 0 radical (unpaired) electrons. The molecule has 1 atom stereocenters. The predicted octanol–water partition coefficient (Wildman–Crippen LogP) is 1.22. The number of hydrogen-bond acceptors (Lipinski definition) is 5. The smallest absolute Gasteiger partial charge is 0.240 e. The van der Waals surface area contributed by atoms with E-state index in [1.54, 1.807) is 18.7 Å². The number of nitrogens with zero attached hydrogens (tertiary/aromatic N) is 2. The molecule has 1 amide bonds. The van der Waals surface area contributed by atoms with Gasteiger partial charge < -0.3 is 9.42 Å². The first-order chi connectivity index (χ1) is 9.33. The van der Waals surface area contributed by atoms with Gasteiger partial charge in [0.05, 0.1) is 11.4 Å². The highest BCUT2D eigenvalue weighted by atomic mass is 32.2. The zero-order valence-corrected chi connectivity index (χ0v) is 12.9. The average Bonchev–Trinajstić information content (AvgIpc) is 3.02. The van der Waals surface area contributed by atoms with Crippen LogP contribution in [0.25, 0.3) is 0 Å². The summed E-state index contributed by atoms with van der Waals surface area (Å²) >= 11 is 0. The molecule has 112 valence electrons. The van der Waals surface area contributed by atoms with Crippen LogP contribution in [0.2, 0.25) is 0 Å². The molecule has 1 fully saturated rings. The lowest BCUT2D eigenvalue weighted by molar-refractivity contribution is -0.129. The average molecular weight is 300 g/mol. The van der Waals surface area contributed by atoms with Gasteiger partial charge in [-0.25, -0.2) is 8.42 Å². The topological polar surface area (TPSA) is 80.5 Å². The highest BCUT2D eigenvalue weighted by Crippen LogP contribution is 2.20. The van der Waals surface area contributed by atoms with E-state index >= 15 is 0 Å². The maximum atomic E-state index is 12.4. The van der Waals surface area contributed by atoms with Crippen LogP contribution in [0, 0.1) is 13.8 Å². The van der Waals surface area contributed by atoms with Gasteiger partial charge >= 0.3 is 0 Å². The molecule has 0 aromatic carbocycles. The molecule has 2 heterocycles. The number of hydrogen-bond donors (Lipinski definition) is 0. The molecule has 20 heavy (non-hydrogen) atoms. The van der Waals surface area contributed by atoms with Crippen molar-refractivity contribution >= 4 is 15.7 Å². The van der Waals surface area contributed by atoms with Gasteiger partial charge in [0.15, 0.2) is 9.84 Å². The quantitative estimate of drug-likeness (QED) is 0.835. The summed E-state index contributed by atoms with van der Waals surface area (Å²) in [6, 6.07) is 0. The van der Waals surface area contributed by atoms with Crippen molar-refractivity contribution in [2.75, 3.05) is 13.1 Å². The summed E-state index contributed by atoms with van der Waals surface area (Å²) in [7, 11) is -3.56. The number of sulfone groups is 1. The van der Waals surface area contributed by atoms with E-state index in [1.807, 2.05) is 0 Å². The van der Waals surface area contributed by atoms with Crippen molar-refractivity contribution in [3.8, 4) is 0 Å². The minimum absolute atomic E-state index is 0.199. The molecule has 7 heteroatoms. The number of aryl methyl sites for hydroxylation is 2. The van der Waals surface area contributed by atoms with Gasteiger partial charge in [-0.05, 0) is 33.6 Å². The van der Waals surface area contributed by atoms with E-state index in [-0.39, 0.29) is 11.7 Å². The number of amides is 1. The summed E-state index contributed by atoms with van der Waals surface area (Å²) in [6.45, 7) is 6.16. The maximum absolute atomic E-state index is 12.4. The molecule has 0 bridgehead atoms. The Morgan fingerprint density at radius 2 is 1.95 bits per heavy atom. The highest BCUT2D eigenvalue weighted by Gasteiger charge is 2.34. The number of likely N-dealkylation sites (tertiary alicyclic amines) is 1. The first-order valence-electron chi connectivity index (χ1n) is 6.75. The van der Waals surface area contributed by atoms with Gasteiger partial charge in [0.25, 0.3) is 0 Å². The molecule has 0 spiro atoms. The molecule has 1 saturated heterocycles.